The van der Waals surface area contributed by atoms with E-state index in [1.165, 1.54) is 25.5 Å². The molecule has 1 amide bonds. The van der Waals surface area contributed by atoms with Crippen LogP contribution >= 0.6 is 11.6 Å². The maximum atomic E-state index is 10.7. The molecule has 0 aliphatic heterocycles. The van der Waals surface area contributed by atoms with Crippen LogP contribution < -0.4 is 5.32 Å². The molecule has 4 nitrogen and oxygen atoms in total. The van der Waals surface area contributed by atoms with Gasteiger partial charge in [-0.15, -0.1) is 0 Å². The van der Waals surface area contributed by atoms with Crippen molar-refractivity contribution in [3.8, 4) is 11.8 Å². The number of hydrogen-bond donors (Lipinski definition) is 2. The van der Waals surface area contributed by atoms with Gasteiger partial charge in [0.15, 0.2) is 5.82 Å². The molecule has 1 heterocycles. The van der Waals surface area contributed by atoms with Crippen LogP contribution in [-0.2, 0) is 0 Å². The minimum atomic E-state index is -1.17. The molecule has 0 radical (unpaired) electrons. The van der Waals surface area contributed by atoms with Crippen molar-refractivity contribution >= 4 is 23.5 Å². The molecule has 19 heavy (non-hydrogen) atoms. The van der Waals surface area contributed by atoms with Crippen molar-refractivity contribution in [3.05, 3.63) is 22.8 Å². The Morgan fingerprint density at radius 1 is 1.42 bits per heavy atom. The van der Waals surface area contributed by atoms with E-state index in [0.717, 1.165) is 12.8 Å². The van der Waals surface area contributed by atoms with Crippen molar-refractivity contribution in [1.29, 1.82) is 0 Å². The van der Waals surface area contributed by atoms with E-state index < -0.39 is 6.09 Å². The van der Waals surface area contributed by atoms with Gasteiger partial charge in [0.2, 0.25) is 0 Å². The average molecular weight is 279 g/mol. The molecular weight excluding hydrogens is 264 g/mol. The minimum absolute atomic E-state index is 0.198. The number of aromatic nitrogens is 1. The summed E-state index contributed by atoms with van der Waals surface area (Å²) in [5.74, 6) is 6.75. The Hall–Kier alpha value is -1.73. The standard InChI is InChI=1S/C14H15ClN2O2/c15-12-8-9-16-13(17-14(18)19)11(12)7-6-10-4-2-1-3-5-10/h8-10H,1-5H2,(H,16,17)(H,18,19). The molecule has 1 fully saturated rings. The lowest BCUT2D eigenvalue weighted by Crippen LogP contribution is -2.10. The highest BCUT2D eigenvalue weighted by molar-refractivity contribution is 6.32. The monoisotopic (exact) mass is 278 g/mol. The quantitative estimate of drug-likeness (QED) is 0.769. The first-order valence-corrected chi connectivity index (χ1v) is 6.70. The Bertz CT molecular complexity index is 528. The van der Waals surface area contributed by atoms with Crippen LogP contribution in [-0.4, -0.2) is 16.2 Å². The second-order valence-corrected chi connectivity index (χ2v) is 4.96. The summed E-state index contributed by atoms with van der Waals surface area (Å²) in [5, 5.41) is 11.4. The zero-order chi connectivity index (χ0) is 13.7. The van der Waals surface area contributed by atoms with E-state index in [0.29, 0.717) is 16.5 Å². The molecule has 5 heteroatoms. The first-order chi connectivity index (χ1) is 9.16. The summed E-state index contributed by atoms with van der Waals surface area (Å²) in [5.41, 5.74) is 0.456. The topological polar surface area (TPSA) is 62.2 Å². The van der Waals surface area contributed by atoms with Crippen molar-refractivity contribution in [2.24, 2.45) is 5.92 Å². The molecule has 0 bridgehead atoms. The molecule has 0 aromatic carbocycles. The van der Waals surface area contributed by atoms with E-state index in [1.807, 2.05) is 0 Å². The van der Waals surface area contributed by atoms with Crippen molar-refractivity contribution < 1.29 is 9.90 Å². The third kappa shape index (κ3) is 3.87. The summed E-state index contributed by atoms with van der Waals surface area (Å²) in [4.78, 5) is 14.7. The first-order valence-electron chi connectivity index (χ1n) is 6.33. The third-order valence-electron chi connectivity index (χ3n) is 3.13. The molecule has 1 aromatic heterocycles. The SMILES string of the molecule is O=C(O)Nc1nccc(Cl)c1C#CC1CCCCC1. The van der Waals surface area contributed by atoms with Crippen LogP contribution in [0.15, 0.2) is 12.3 Å². The Morgan fingerprint density at radius 2 is 2.16 bits per heavy atom. The van der Waals surface area contributed by atoms with Crippen molar-refractivity contribution in [2.75, 3.05) is 5.32 Å². The van der Waals surface area contributed by atoms with Gasteiger partial charge < -0.3 is 5.11 Å². The molecule has 1 aliphatic carbocycles. The van der Waals surface area contributed by atoms with E-state index in [4.69, 9.17) is 16.7 Å². The van der Waals surface area contributed by atoms with Gasteiger partial charge in [-0.05, 0) is 18.9 Å². The molecule has 2 rings (SSSR count). The summed E-state index contributed by atoms with van der Waals surface area (Å²) in [6, 6.07) is 1.61. The summed E-state index contributed by atoms with van der Waals surface area (Å²) >= 11 is 6.06. The Balaban J connectivity index is 2.22. The second kappa shape index (κ2) is 6.44. The number of amides is 1. The fourth-order valence-electron chi connectivity index (χ4n) is 2.17. The summed E-state index contributed by atoms with van der Waals surface area (Å²) < 4.78 is 0. The maximum Gasteiger partial charge on any atom is 0.410 e. The van der Waals surface area contributed by atoms with Crippen molar-refractivity contribution in [2.45, 2.75) is 32.1 Å². The summed E-state index contributed by atoms with van der Waals surface area (Å²) in [6.07, 6.45) is 6.19. The van der Waals surface area contributed by atoms with E-state index in [1.54, 1.807) is 6.07 Å². The normalized spacial score (nSPS) is 15.4. The highest BCUT2D eigenvalue weighted by atomic mass is 35.5. The van der Waals surface area contributed by atoms with Gasteiger partial charge in [0.1, 0.15) is 0 Å². The van der Waals surface area contributed by atoms with Crippen LogP contribution in [0, 0.1) is 17.8 Å². The van der Waals surface area contributed by atoms with E-state index in [9.17, 15) is 4.79 Å². The predicted molar refractivity (Wildman–Crippen MR) is 74.3 cm³/mol. The van der Waals surface area contributed by atoms with E-state index >= 15 is 0 Å². The van der Waals surface area contributed by atoms with Crippen LogP contribution in [0.25, 0.3) is 0 Å². The molecular formula is C14H15ClN2O2. The molecule has 0 unspecified atom stereocenters. The molecule has 0 spiro atoms. The Morgan fingerprint density at radius 3 is 2.84 bits per heavy atom. The number of halogens is 1. The number of hydrogen-bond acceptors (Lipinski definition) is 2. The van der Waals surface area contributed by atoms with Gasteiger partial charge in [-0.2, -0.15) is 0 Å². The molecule has 100 valence electrons. The summed E-state index contributed by atoms with van der Waals surface area (Å²) in [6.45, 7) is 0. The van der Waals surface area contributed by atoms with E-state index in [-0.39, 0.29) is 5.82 Å². The minimum Gasteiger partial charge on any atom is -0.465 e. The van der Waals surface area contributed by atoms with Gasteiger partial charge in [0.25, 0.3) is 0 Å². The number of anilines is 1. The van der Waals surface area contributed by atoms with Gasteiger partial charge in [0.05, 0.1) is 10.6 Å². The zero-order valence-electron chi connectivity index (χ0n) is 10.4. The van der Waals surface area contributed by atoms with Gasteiger partial charge in [-0.1, -0.05) is 42.7 Å². The molecule has 1 saturated carbocycles. The zero-order valence-corrected chi connectivity index (χ0v) is 11.2. The second-order valence-electron chi connectivity index (χ2n) is 4.55. The molecule has 0 saturated heterocycles. The lowest BCUT2D eigenvalue weighted by Gasteiger charge is -2.15. The third-order valence-corrected chi connectivity index (χ3v) is 3.45. The van der Waals surface area contributed by atoms with E-state index in [2.05, 4.69) is 22.1 Å². The average Bonchev–Trinajstić information content (AvgIpc) is 2.38. The first kappa shape index (κ1) is 13.7. The van der Waals surface area contributed by atoms with Crippen LogP contribution in [0.1, 0.15) is 37.7 Å². The highest BCUT2D eigenvalue weighted by Crippen LogP contribution is 2.24. The lowest BCUT2D eigenvalue weighted by atomic mass is 9.90. The van der Waals surface area contributed by atoms with Gasteiger partial charge in [0, 0.05) is 12.1 Å². The van der Waals surface area contributed by atoms with Crippen LogP contribution in [0.4, 0.5) is 10.6 Å². The lowest BCUT2D eigenvalue weighted by molar-refractivity contribution is 0.209. The molecule has 2 N–H and O–H groups in total. The fraction of sp³-hybridized carbons (Fsp3) is 0.429. The van der Waals surface area contributed by atoms with Crippen LogP contribution in [0.3, 0.4) is 0 Å². The van der Waals surface area contributed by atoms with Crippen LogP contribution in [0.5, 0.6) is 0 Å². The number of nitrogens with zero attached hydrogens (tertiary/aromatic N) is 1. The van der Waals surface area contributed by atoms with Crippen LogP contribution in [0.2, 0.25) is 5.02 Å². The largest absolute Gasteiger partial charge is 0.465 e. The highest BCUT2D eigenvalue weighted by Gasteiger charge is 2.12. The molecule has 1 aliphatic rings. The van der Waals surface area contributed by atoms with Crippen molar-refractivity contribution in [3.63, 3.8) is 0 Å². The number of pyridine rings is 1. The Kier molecular flexibility index (Phi) is 4.64. The molecule has 0 atom stereocenters. The van der Waals surface area contributed by atoms with Gasteiger partial charge in [-0.3, -0.25) is 5.32 Å². The fourth-order valence-corrected chi connectivity index (χ4v) is 2.37. The summed E-state index contributed by atoms with van der Waals surface area (Å²) in [7, 11) is 0. The molecule has 1 aromatic rings. The maximum absolute atomic E-state index is 10.7. The number of rotatable bonds is 1. The van der Waals surface area contributed by atoms with Gasteiger partial charge >= 0.3 is 6.09 Å². The number of carbonyl (C=O) groups is 1. The number of carboxylic acid groups (broad SMARTS) is 1. The predicted octanol–water partition coefficient (Wildman–Crippen LogP) is 3.76. The van der Waals surface area contributed by atoms with Crippen molar-refractivity contribution in [1.82, 2.24) is 4.98 Å². The smallest absolute Gasteiger partial charge is 0.410 e. The van der Waals surface area contributed by atoms with Gasteiger partial charge in [-0.25, -0.2) is 9.78 Å². The number of nitrogens with one attached hydrogen (secondary N) is 1. The Labute approximate surface area is 117 Å².